The first kappa shape index (κ1) is 22.6. The molecule has 1 fully saturated rings. The molecule has 1 saturated carbocycles. The number of fused-ring (bicyclic) bond motifs is 1. The summed E-state index contributed by atoms with van der Waals surface area (Å²) in [5.41, 5.74) is 3.74. The predicted octanol–water partition coefficient (Wildman–Crippen LogP) is 6.40. The zero-order valence-corrected chi connectivity index (χ0v) is 20.1. The number of rotatable bonds is 5. The predicted molar refractivity (Wildman–Crippen MR) is 139 cm³/mol. The van der Waals surface area contributed by atoms with Gasteiger partial charge in [-0.2, -0.15) is 0 Å². The Morgan fingerprint density at radius 1 is 1.03 bits per heavy atom. The van der Waals surface area contributed by atoms with Crippen LogP contribution >= 0.6 is 23.8 Å². The maximum Gasteiger partial charge on any atom is 0.236 e. The fraction of sp³-hybridized carbons (Fsp3) is 0.222. The maximum atomic E-state index is 13.3. The fourth-order valence-corrected chi connectivity index (χ4v) is 5.01. The third kappa shape index (κ3) is 4.69. The van der Waals surface area contributed by atoms with E-state index in [-0.39, 0.29) is 11.0 Å². The molecule has 2 N–H and O–H groups in total. The van der Waals surface area contributed by atoms with Crippen LogP contribution in [0.15, 0.2) is 77.2 Å². The summed E-state index contributed by atoms with van der Waals surface area (Å²) in [6, 6.07) is 23.2. The molecule has 34 heavy (non-hydrogen) atoms. The van der Waals surface area contributed by atoms with Crippen molar-refractivity contribution >= 4 is 51.6 Å². The van der Waals surface area contributed by atoms with Crippen molar-refractivity contribution in [3.8, 4) is 0 Å². The second-order valence-electron chi connectivity index (χ2n) is 8.66. The summed E-state index contributed by atoms with van der Waals surface area (Å²) >= 11 is 11.4. The lowest BCUT2D eigenvalue weighted by Gasteiger charge is -2.28. The second kappa shape index (κ2) is 9.57. The van der Waals surface area contributed by atoms with Gasteiger partial charge in [-0.1, -0.05) is 66.9 Å². The van der Waals surface area contributed by atoms with Crippen molar-refractivity contribution in [1.82, 2.24) is 10.3 Å². The van der Waals surface area contributed by atoms with Crippen LogP contribution in [0.3, 0.4) is 0 Å². The van der Waals surface area contributed by atoms with Crippen molar-refractivity contribution in [1.29, 1.82) is 0 Å². The van der Waals surface area contributed by atoms with Crippen LogP contribution in [0, 0.1) is 0 Å². The van der Waals surface area contributed by atoms with E-state index in [4.69, 9.17) is 28.2 Å². The molecule has 0 radical (unpaired) electrons. The van der Waals surface area contributed by atoms with Crippen LogP contribution < -0.4 is 10.6 Å². The van der Waals surface area contributed by atoms with Crippen LogP contribution in [0.5, 0.6) is 0 Å². The average Bonchev–Trinajstić information content (AvgIpc) is 3.49. The lowest BCUT2D eigenvalue weighted by molar-refractivity contribution is -0.125. The number of thiocarbonyl (C=S) groups is 1. The molecule has 172 valence electrons. The molecule has 5 nitrogen and oxygen atoms in total. The number of carbonyl (C=O) groups is 1. The van der Waals surface area contributed by atoms with Gasteiger partial charge in [-0.25, -0.2) is 4.98 Å². The van der Waals surface area contributed by atoms with E-state index in [9.17, 15) is 4.79 Å². The third-order valence-electron chi connectivity index (χ3n) is 6.40. The van der Waals surface area contributed by atoms with Gasteiger partial charge in [0.1, 0.15) is 5.52 Å². The molecule has 1 aliphatic carbocycles. The SMILES string of the molecule is O=C(NC(=S)Nc1ccc2oc(Cc3ccc(Cl)cc3)nc2c1)C1(c2ccccc2)CCCC1. The molecule has 0 bridgehead atoms. The Morgan fingerprint density at radius 3 is 2.50 bits per heavy atom. The van der Waals surface area contributed by atoms with Gasteiger partial charge >= 0.3 is 0 Å². The zero-order chi connectivity index (χ0) is 23.5. The van der Waals surface area contributed by atoms with Crippen molar-refractivity contribution in [2.45, 2.75) is 37.5 Å². The van der Waals surface area contributed by atoms with Crippen LogP contribution in [0.1, 0.15) is 42.7 Å². The summed E-state index contributed by atoms with van der Waals surface area (Å²) in [5, 5.41) is 7.02. The monoisotopic (exact) mass is 489 g/mol. The molecule has 7 heteroatoms. The Labute approximate surface area is 208 Å². The van der Waals surface area contributed by atoms with E-state index in [1.54, 1.807) is 0 Å². The van der Waals surface area contributed by atoms with Crippen LogP contribution in [-0.4, -0.2) is 16.0 Å². The highest BCUT2D eigenvalue weighted by Crippen LogP contribution is 2.41. The average molecular weight is 490 g/mol. The van der Waals surface area contributed by atoms with E-state index >= 15 is 0 Å². The Hall–Kier alpha value is -3.22. The second-order valence-corrected chi connectivity index (χ2v) is 9.50. The van der Waals surface area contributed by atoms with E-state index in [1.807, 2.05) is 72.8 Å². The number of anilines is 1. The molecule has 0 atom stereocenters. The van der Waals surface area contributed by atoms with Crippen molar-refractivity contribution < 1.29 is 9.21 Å². The summed E-state index contributed by atoms with van der Waals surface area (Å²) in [5.74, 6) is 0.567. The van der Waals surface area contributed by atoms with Gasteiger partial charge in [0.15, 0.2) is 16.6 Å². The first-order valence-corrected chi connectivity index (χ1v) is 12.1. The number of hydrogen-bond acceptors (Lipinski definition) is 4. The standard InChI is InChI=1S/C27H24ClN3O2S/c28-20-10-8-18(9-11-20)16-24-30-22-17-21(12-13-23(22)33-24)29-26(34)31-25(32)27(14-4-5-15-27)19-6-2-1-3-7-19/h1-3,6-13,17H,4-5,14-16H2,(H2,29,31,32,34). The number of halogens is 1. The summed E-state index contributed by atoms with van der Waals surface area (Å²) in [4.78, 5) is 17.9. The molecule has 3 aromatic carbocycles. The minimum atomic E-state index is -0.528. The first-order valence-electron chi connectivity index (χ1n) is 11.3. The molecular formula is C27H24ClN3O2S. The lowest BCUT2D eigenvalue weighted by atomic mass is 9.78. The van der Waals surface area contributed by atoms with Gasteiger partial charge in [0.05, 0.1) is 5.41 Å². The van der Waals surface area contributed by atoms with E-state index in [0.717, 1.165) is 48.0 Å². The Morgan fingerprint density at radius 2 is 1.76 bits per heavy atom. The smallest absolute Gasteiger partial charge is 0.236 e. The molecule has 1 aromatic heterocycles. The van der Waals surface area contributed by atoms with E-state index in [2.05, 4.69) is 15.6 Å². The molecule has 0 aliphatic heterocycles. The van der Waals surface area contributed by atoms with Crippen molar-refractivity contribution in [3.63, 3.8) is 0 Å². The van der Waals surface area contributed by atoms with Gasteiger partial charge < -0.3 is 15.1 Å². The minimum Gasteiger partial charge on any atom is -0.440 e. The first-order chi connectivity index (χ1) is 16.5. The number of hydrogen-bond donors (Lipinski definition) is 2. The molecular weight excluding hydrogens is 466 g/mol. The number of benzene rings is 3. The van der Waals surface area contributed by atoms with Gasteiger partial charge in [0.25, 0.3) is 0 Å². The molecule has 1 aliphatic rings. The Balaban J connectivity index is 1.27. The van der Waals surface area contributed by atoms with Crippen LogP contribution in [0.2, 0.25) is 5.02 Å². The molecule has 0 spiro atoms. The molecule has 5 rings (SSSR count). The van der Waals surface area contributed by atoms with Crippen molar-refractivity contribution in [3.05, 3.63) is 94.8 Å². The maximum absolute atomic E-state index is 13.3. The summed E-state index contributed by atoms with van der Waals surface area (Å²) in [6.45, 7) is 0. The number of oxazole rings is 1. The van der Waals surface area contributed by atoms with Gasteiger partial charge in [-0.05, 0) is 66.5 Å². The van der Waals surface area contributed by atoms with Gasteiger partial charge in [-0.15, -0.1) is 0 Å². The van der Waals surface area contributed by atoms with Gasteiger partial charge in [-0.3, -0.25) is 4.79 Å². The van der Waals surface area contributed by atoms with Gasteiger partial charge in [0, 0.05) is 17.1 Å². The lowest BCUT2D eigenvalue weighted by Crippen LogP contribution is -2.46. The minimum absolute atomic E-state index is 0.0542. The topological polar surface area (TPSA) is 67.2 Å². The van der Waals surface area contributed by atoms with E-state index < -0.39 is 5.41 Å². The molecule has 0 unspecified atom stereocenters. The van der Waals surface area contributed by atoms with Crippen LogP contribution in [0.25, 0.3) is 11.1 Å². The highest BCUT2D eigenvalue weighted by atomic mass is 35.5. The summed E-state index contributed by atoms with van der Waals surface area (Å²) in [7, 11) is 0. The summed E-state index contributed by atoms with van der Waals surface area (Å²) < 4.78 is 5.88. The quantitative estimate of drug-likeness (QED) is 0.317. The normalized spacial score (nSPS) is 14.7. The fourth-order valence-electron chi connectivity index (χ4n) is 4.67. The highest BCUT2D eigenvalue weighted by Gasteiger charge is 2.42. The van der Waals surface area contributed by atoms with E-state index in [0.29, 0.717) is 22.9 Å². The third-order valence-corrected chi connectivity index (χ3v) is 6.86. The van der Waals surface area contributed by atoms with Crippen molar-refractivity contribution in [2.24, 2.45) is 0 Å². The number of carbonyl (C=O) groups excluding carboxylic acids is 1. The largest absolute Gasteiger partial charge is 0.440 e. The number of nitrogens with one attached hydrogen (secondary N) is 2. The number of amides is 1. The Kier molecular flexibility index (Phi) is 6.35. The molecule has 4 aromatic rings. The molecule has 0 saturated heterocycles. The zero-order valence-electron chi connectivity index (χ0n) is 18.5. The Bertz CT molecular complexity index is 1330. The number of nitrogens with zero attached hydrogens (tertiary/aromatic N) is 1. The molecule has 1 amide bonds. The van der Waals surface area contributed by atoms with Crippen molar-refractivity contribution in [2.75, 3.05) is 5.32 Å². The number of aromatic nitrogens is 1. The summed E-state index contributed by atoms with van der Waals surface area (Å²) in [6.07, 6.45) is 4.29. The van der Waals surface area contributed by atoms with Crippen LogP contribution in [0.4, 0.5) is 5.69 Å². The van der Waals surface area contributed by atoms with E-state index in [1.165, 1.54) is 0 Å². The highest BCUT2D eigenvalue weighted by molar-refractivity contribution is 7.80. The van der Waals surface area contributed by atoms with Crippen LogP contribution in [-0.2, 0) is 16.6 Å². The molecule has 1 heterocycles. The van der Waals surface area contributed by atoms with Gasteiger partial charge in [0.2, 0.25) is 5.91 Å².